The van der Waals surface area contributed by atoms with E-state index in [1.165, 1.54) is 10.8 Å². The Kier molecular flexibility index (Phi) is 4.80. The van der Waals surface area contributed by atoms with Gasteiger partial charge in [0.25, 0.3) is 0 Å². The highest BCUT2D eigenvalue weighted by Crippen LogP contribution is 2.40. The van der Waals surface area contributed by atoms with Gasteiger partial charge in [0.1, 0.15) is 6.17 Å². The topological polar surface area (TPSA) is 42.5 Å². The molecule has 140 valence electrons. The van der Waals surface area contributed by atoms with Crippen LogP contribution in [-0.4, -0.2) is 13.2 Å². The Morgan fingerprint density at radius 2 is 1.59 bits per heavy atom. The molecule has 1 aliphatic rings. The van der Waals surface area contributed by atoms with Crippen molar-refractivity contribution in [2.75, 3.05) is 23.8 Å². The van der Waals surface area contributed by atoms with E-state index < -0.39 is 0 Å². The lowest BCUT2D eigenvalue weighted by Gasteiger charge is -2.30. The first-order valence-electron chi connectivity index (χ1n) is 9.60. The highest BCUT2D eigenvalue weighted by Gasteiger charge is 2.21. The van der Waals surface area contributed by atoms with Gasteiger partial charge in [-0.25, -0.2) is 0 Å². The number of hydrogen-bond acceptors (Lipinski definition) is 4. The normalized spacial score (nSPS) is 13.3. The minimum atomic E-state index is -0.0242. The molecule has 1 aliphatic heterocycles. The van der Waals surface area contributed by atoms with Gasteiger partial charge >= 0.3 is 0 Å². The van der Waals surface area contributed by atoms with E-state index in [0.29, 0.717) is 19.1 Å². The van der Waals surface area contributed by atoms with Crippen molar-refractivity contribution in [3.63, 3.8) is 0 Å². The van der Waals surface area contributed by atoms with Crippen LogP contribution in [0.4, 0.5) is 11.4 Å². The summed E-state index contributed by atoms with van der Waals surface area (Å²) in [5.41, 5.74) is 3.40. The van der Waals surface area contributed by atoms with E-state index in [2.05, 4.69) is 73.0 Å². The molecule has 0 aromatic heterocycles. The van der Waals surface area contributed by atoms with Crippen LogP contribution in [0.1, 0.15) is 32.5 Å². The fraction of sp³-hybridized carbons (Fsp3) is 0.304. The van der Waals surface area contributed by atoms with Crippen LogP contribution in [0.25, 0.3) is 10.8 Å². The largest absolute Gasteiger partial charge is 0.490 e. The summed E-state index contributed by atoms with van der Waals surface area (Å²) in [6.07, 6.45) is -0.0242. The molecule has 4 rings (SSSR count). The molecule has 1 heterocycles. The molecule has 0 amide bonds. The number of anilines is 2. The summed E-state index contributed by atoms with van der Waals surface area (Å²) < 4.78 is 11.8. The van der Waals surface area contributed by atoms with Crippen molar-refractivity contribution in [2.45, 2.75) is 26.9 Å². The fourth-order valence-corrected chi connectivity index (χ4v) is 3.44. The second kappa shape index (κ2) is 7.39. The highest BCUT2D eigenvalue weighted by atomic mass is 16.5. The molecule has 0 atom stereocenters. The first-order chi connectivity index (χ1) is 13.2. The van der Waals surface area contributed by atoms with Gasteiger partial charge in [0.05, 0.1) is 13.2 Å². The smallest absolute Gasteiger partial charge is 0.161 e. The van der Waals surface area contributed by atoms with Crippen molar-refractivity contribution < 1.29 is 9.47 Å². The summed E-state index contributed by atoms with van der Waals surface area (Å²) in [4.78, 5) is 0. The zero-order valence-electron chi connectivity index (χ0n) is 16.1. The summed E-state index contributed by atoms with van der Waals surface area (Å²) in [6.45, 7) is 7.56. The molecule has 3 aromatic carbocycles. The lowest BCUT2D eigenvalue weighted by Crippen LogP contribution is -2.23. The molecular formula is C23H26N2O2. The average molecular weight is 362 g/mol. The zero-order valence-corrected chi connectivity index (χ0v) is 16.1. The second-order valence-electron chi connectivity index (χ2n) is 7.27. The molecule has 27 heavy (non-hydrogen) atoms. The summed E-state index contributed by atoms with van der Waals surface area (Å²) in [7, 11) is 0. The number of hydrogen-bond donors (Lipinski definition) is 2. The molecule has 0 unspecified atom stereocenters. The van der Waals surface area contributed by atoms with Gasteiger partial charge in [-0.1, -0.05) is 44.2 Å². The second-order valence-corrected chi connectivity index (χ2v) is 7.27. The van der Waals surface area contributed by atoms with Crippen molar-refractivity contribution in [1.82, 2.24) is 0 Å². The van der Waals surface area contributed by atoms with Gasteiger partial charge in [0.15, 0.2) is 11.5 Å². The quantitative estimate of drug-likeness (QED) is 0.581. The van der Waals surface area contributed by atoms with Gasteiger partial charge in [-0.05, 0) is 48.1 Å². The van der Waals surface area contributed by atoms with Crippen LogP contribution in [0.2, 0.25) is 0 Å². The maximum atomic E-state index is 5.93. The summed E-state index contributed by atoms with van der Waals surface area (Å²) >= 11 is 0. The third-order valence-electron chi connectivity index (χ3n) is 4.68. The number of rotatable bonds is 6. The van der Waals surface area contributed by atoms with Crippen molar-refractivity contribution >= 4 is 22.1 Å². The van der Waals surface area contributed by atoms with Crippen LogP contribution in [0.3, 0.4) is 0 Å². The molecule has 0 radical (unpaired) electrons. The van der Waals surface area contributed by atoms with Crippen molar-refractivity contribution in [3.8, 4) is 11.5 Å². The molecule has 4 nitrogen and oxygen atoms in total. The van der Waals surface area contributed by atoms with Gasteiger partial charge in [-0.15, -0.1) is 0 Å². The highest BCUT2D eigenvalue weighted by molar-refractivity contribution is 6.04. The lowest BCUT2D eigenvalue weighted by atomic mass is 10.0. The van der Waals surface area contributed by atoms with Gasteiger partial charge in [-0.2, -0.15) is 0 Å². The molecule has 4 heteroatoms. The Morgan fingerprint density at radius 3 is 2.22 bits per heavy atom. The van der Waals surface area contributed by atoms with Crippen LogP contribution in [0.15, 0.2) is 54.6 Å². The summed E-state index contributed by atoms with van der Waals surface area (Å²) in [5, 5.41) is 9.68. The fourth-order valence-electron chi connectivity index (χ4n) is 3.44. The molecule has 0 spiro atoms. The Bertz CT molecular complexity index is 912. The maximum Gasteiger partial charge on any atom is 0.161 e. The SMILES string of the molecule is CCOc1cc(C2Nc3cccc4cccc(c34)N2)ccc1OCC(C)C. The number of ether oxygens (including phenoxy) is 2. The maximum absolute atomic E-state index is 5.93. The molecule has 0 saturated heterocycles. The Hall–Kier alpha value is -2.88. The zero-order chi connectivity index (χ0) is 18.8. The standard InChI is InChI=1S/C23H26N2O2/c1-4-26-21-13-17(11-12-20(21)27-14-15(2)3)23-24-18-9-5-7-16-8-6-10-19(25-23)22(16)18/h5-13,15,23-25H,4,14H2,1-3H3. The van der Waals surface area contributed by atoms with E-state index in [-0.39, 0.29) is 6.17 Å². The number of nitrogens with one attached hydrogen (secondary N) is 2. The van der Waals surface area contributed by atoms with Crippen molar-refractivity contribution in [2.24, 2.45) is 5.92 Å². The summed E-state index contributed by atoms with van der Waals surface area (Å²) in [6, 6.07) is 18.9. The van der Waals surface area contributed by atoms with Gasteiger partial charge in [-0.3, -0.25) is 0 Å². The minimum Gasteiger partial charge on any atom is -0.490 e. The van der Waals surface area contributed by atoms with Crippen LogP contribution >= 0.6 is 0 Å². The molecular weight excluding hydrogens is 336 g/mol. The predicted molar refractivity (Wildman–Crippen MR) is 112 cm³/mol. The van der Waals surface area contributed by atoms with Crippen molar-refractivity contribution in [1.29, 1.82) is 0 Å². The Morgan fingerprint density at radius 1 is 0.889 bits per heavy atom. The summed E-state index contributed by atoms with van der Waals surface area (Å²) in [5.74, 6) is 2.06. The van der Waals surface area contributed by atoms with E-state index in [1.54, 1.807) is 0 Å². The molecule has 3 aromatic rings. The first kappa shape index (κ1) is 17.5. The number of benzene rings is 3. The van der Waals surface area contributed by atoms with E-state index in [1.807, 2.05) is 13.0 Å². The van der Waals surface area contributed by atoms with E-state index in [0.717, 1.165) is 28.4 Å². The first-order valence-corrected chi connectivity index (χ1v) is 9.60. The Labute approximate surface area is 160 Å². The van der Waals surface area contributed by atoms with Gasteiger partial charge in [0.2, 0.25) is 0 Å². The predicted octanol–water partition coefficient (Wildman–Crippen LogP) is 5.81. The van der Waals surface area contributed by atoms with Gasteiger partial charge < -0.3 is 20.1 Å². The van der Waals surface area contributed by atoms with E-state index >= 15 is 0 Å². The van der Waals surface area contributed by atoms with Crippen LogP contribution in [0, 0.1) is 5.92 Å². The third-order valence-corrected chi connectivity index (χ3v) is 4.68. The van der Waals surface area contributed by atoms with E-state index in [4.69, 9.17) is 9.47 Å². The van der Waals surface area contributed by atoms with Gasteiger partial charge in [0, 0.05) is 16.8 Å². The van der Waals surface area contributed by atoms with Crippen LogP contribution < -0.4 is 20.1 Å². The molecule has 2 N–H and O–H groups in total. The molecule has 0 bridgehead atoms. The molecule has 0 saturated carbocycles. The lowest BCUT2D eigenvalue weighted by molar-refractivity contribution is 0.248. The molecule has 0 aliphatic carbocycles. The minimum absolute atomic E-state index is 0.0242. The van der Waals surface area contributed by atoms with Crippen LogP contribution in [0.5, 0.6) is 11.5 Å². The van der Waals surface area contributed by atoms with Crippen LogP contribution in [-0.2, 0) is 0 Å². The average Bonchev–Trinajstić information content (AvgIpc) is 2.67. The van der Waals surface area contributed by atoms with Crippen molar-refractivity contribution in [3.05, 3.63) is 60.2 Å². The monoisotopic (exact) mass is 362 g/mol. The van der Waals surface area contributed by atoms with E-state index in [9.17, 15) is 0 Å². The molecule has 0 fully saturated rings. The Balaban J connectivity index is 1.65. The third kappa shape index (κ3) is 3.52.